The molecule has 1 N–H and O–H groups in total. The maximum absolute atomic E-state index is 9.83. The molecule has 0 radical (unpaired) electrons. The van der Waals surface area contributed by atoms with Crippen LogP contribution in [0.3, 0.4) is 0 Å². The third kappa shape index (κ3) is 3.04. The Kier molecular flexibility index (Phi) is 3.36. The summed E-state index contributed by atoms with van der Waals surface area (Å²) in [5.41, 5.74) is -0.388. The molecule has 1 aliphatic heterocycles. The lowest BCUT2D eigenvalue weighted by molar-refractivity contribution is 0.00578. The zero-order valence-corrected chi connectivity index (χ0v) is 12.7. The molecule has 0 atom stereocenters. The van der Waals surface area contributed by atoms with Crippen molar-refractivity contribution in [2.75, 3.05) is 0 Å². The number of hydrogen-bond acceptors (Lipinski definition) is 3. The van der Waals surface area contributed by atoms with E-state index in [2.05, 4.69) is 0 Å². The van der Waals surface area contributed by atoms with E-state index in [4.69, 9.17) is 9.31 Å². The summed E-state index contributed by atoms with van der Waals surface area (Å²) in [5, 5.41) is 9.83. The second kappa shape index (κ2) is 4.37. The van der Waals surface area contributed by atoms with E-state index < -0.39 is 5.60 Å². The van der Waals surface area contributed by atoms with Gasteiger partial charge in [0.2, 0.25) is 0 Å². The number of hydrogen-bond donors (Lipinski definition) is 1. The Labute approximate surface area is 115 Å². The Bertz CT molecular complexity index is 444. The molecule has 1 aromatic rings. The van der Waals surface area contributed by atoms with Crippen LogP contribution in [-0.2, 0) is 15.9 Å². The summed E-state index contributed by atoms with van der Waals surface area (Å²) >= 11 is 0. The van der Waals surface area contributed by atoms with Crippen molar-refractivity contribution in [3.63, 3.8) is 0 Å². The van der Waals surface area contributed by atoms with Crippen molar-refractivity contribution in [2.45, 2.75) is 64.9 Å². The van der Waals surface area contributed by atoms with Gasteiger partial charge in [-0.2, -0.15) is 0 Å². The monoisotopic (exact) mass is 265 g/mol. The van der Waals surface area contributed by atoms with E-state index in [-0.39, 0.29) is 18.3 Å². The van der Waals surface area contributed by atoms with Crippen LogP contribution in [-0.4, -0.2) is 33.6 Å². The van der Waals surface area contributed by atoms with E-state index in [1.807, 2.05) is 50.7 Å². The SMILES string of the molecule is CC(C)(O)Cn1ccc(B2OC(C)(C)C(C)(C)O2)c1. The minimum Gasteiger partial charge on any atom is -0.399 e. The van der Waals surface area contributed by atoms with Gasteiger partial charge >= 0.3 is 7.12 Å². The summed E-state index contributed by atoms with van der Waals surface area (Å²) in [6, 6.07) is 1.98. The van der Waals surface area contributed by atoms with Gasteiger partial charge in [0.25, 0.3) is 0 Å². The first-order chi connectivity index (χ1) is 8.50. The number of rotatable bonds is 3. The molecule has 1 aromatic heterocycles. The van der Waals surface area contributed by atoms with Crippen molar-refractivity contribution < 1.29 is 14.4 Å². The van der Waals surface area contributed by atoms with Crippen LogP contribution in [0.1, 0.15) is 41.5 Å². The molecule has 1 aliphatic rings. The first-order valence-electron chi connectivity index (χ1n) is 6.74. The van der Waals surface area contributed by atoms with Crippen LogP contribution in [0.2, 0.25) is 0 Å². The van der Waals surface area contributed by atoms with Crippen LogP contribution in [0.4, 0.5) is 0 Å². The Hall–Kier alpha value is -0.775. The Morgan fingerprint density at radius 3 is 2.21 bits per heavy atom. The molecule has 0 saturated carbocycles. The van der Waals surface area contributed by atoms with Crippen LogP contribution in [0, 0.1) is 0 Å². The van der Waals surface area contributed by atoms with Gasteiger partial charge in [-0.05, 0) is 47.6 Å². The molecule has 5 heteroatoms. The predicted octanol–water partition coefficient (Wildman–Crippen LogP) is 1.56. The van der Waals surface area contributed by atoms with Gasteiger partial charge < -0.3 is 19.0 Å². The smallest absolute Gasteiger partial charge is 0.399 e. The average molecular weight is 265 g/mol. The van der Waals surface area contributed by atoms with E-state index in [0.29, 0.717) is 6.54 Å². The number of nitrogens with zero attached hydrogens (tertiary/aromatic N) is 1. The van der Waals surface area contributed by atoms with Crippen LogP contribution in [0.5, 0.6) is 0 Å². The quantitative estimate of drug-likeness (QED) is 0.843. The molecule has 0 bridgehead atoms. The molecule has 19 heavy (non-hydrogen) atoms. The summed E-state index contributed by atoms with van der Waals surface area (Å²) in [6.07, 6.45) is 3.92. The average Bonchev–Trinajstić information content (AvgIpc) is 2.68. The molecule has 0 amide bonds. The molecule has 1 fully saturated rings. The molecular formula is C14H24BNO3. The van der Waals surface area contributed by atoms with Crippen molar-refractivity contribution in [1.29, 1.82) is 0 Å². The molecule has 2 heterocycles. The second-order valence-corrected chi connectivity index (χ2v) is 7.02. The lowest BCUT2D eigenvalue weighted by Crippen LogP contribution is -2.41. The second-order valence-electron chi connectivity index (χ2n) is 7.02. The van der Waals surface area contributed by atoms with E-state index in [0.717, 1.165) is 5.46 Å². The van der Waals surface area contributed by atoms with Gasteiger partial charge in [0, 0.05) is 17.9 Å². The maximum Gasteiger partial charge on any atom is 0.496 e. The zero-order chi connectivity index (χ0) is 14.5. The highest BCUT2D eigenvalue weighted by molar-refractivity contribution is 6.62. The normalized spacial score (nSPS) is 21.9. The Morgan fingerprint density at radius 2 is 1.74 bits per heavy atom. The lowest BCUT2D eigenvalue weighted by Gasteiger charge is -2.32. The summed E-state index contributed by atoms with van der Waals surface area (Å²) in [7, 11) is -0.340. The topological polar surface area (TPSA) is 43.6 Å². The van der Waals surface area contributed by atoms with Crippen LogP contribution in [0.25, 0.3) is 0 Å². The fourth-order valence-corrected chi connectivity index (χ4v) is 2.12. The predicted molar refractivity (Wildman–Crippen MR) is 76.4 cm³/mol. The van der Waals surface area contributed by atoms with Crippen LogP contribution >= 0.6 is 0 Å². The van der Waals surface area contributed by atoms with Crippen molar-refractivity contribution >= 4 is 12.6 Å². The van der Waals surface area contributed by atoms with Gasteiger partial charge in [-0.1, -0.05) is 0 Å². The highest BCUT2D eigenvalue weighted by Crippen LogP contribution is 2.36. The molecule has 106 valence electrons. The van der Waals surface area contributed by atoms with E-state index in [9.17, 15) is 5.11 Å². The Balaban J connectivity index is 2.13. The van der Waals surface area contributed by atoms with Gasteiger partial charge in [0.05, 0.1) is 23.3 Å². The molecule has 0 unspecified atom stereocenters. The van der Waals surface area contributed by atoms with Crippen molar-refractivity contribution in [3.8, 4) is 0 Å². The number of aliphatic hydroxyl groups is 1. The first-order valence-corrected chi connectivity index (χ1v) is 6.74. The minimum atomic E-state index is -0.730. The lowest BCUT2D eigenvalue weighted by atomic mass is 9.81. The van der Waals surface area contributed by atoms with Crippen LogP contribution in [0.15, 0.2) is 18.5 Å². The molecule has 0 aromatic carbocycles. The largest absolute Gasteiger partial charge is 0.496 e. The van der Waals surface area contributed by atoms with Crippen LogP contribution < -0.4 is 5.46 Å². The van der Waals surface area contributed by atoms with Crippen molar-refractivity contribution in [2.24, 2.45) is 0 Å². The summed E-state index contributed by atoms with van der Waals surface area (Å²) in [4.78, 5) is 0. The summed E-state index contributed by atoms with van der Waals surface area (Å²) in [6.45, 7) is 12.3. The van der Waals surface area contributed by atoms with Gasteiger partial charge in [-0.15, -0.1) is 0 Å². The van der Waals surface area contributed by atoms with Gasteiger partial charge in [-0.3, -0.25) is 0 Å². The van der Waals surface area contributed by atoms with E-state index in [1.54, 1.807) is 13.8 Å². The molecule has 0 aliphatic carbocycles. The van der Waals surface area contributed by atoms with Gasteiger partial charge in [-0.25, -0.2) is 0 Å². The van der Waals surface area contributed by atoms with Crippen molar-refractivity contribution in [3.05, 3.63) is 18.5 Å². The van der Waals surface area contributed by atoms with Gasteiger partial charge in [0.1, 0.15) is 0 Å². The third-order valence-electron chi connectivity index (χ3n) is 3.87. The first kappa shape index (κ1) is 14.6. The maximum atomic E-state index is 9.83. The fourth-order valence-electron chi connectivity index (χ4n) is 2.12. The summed E-state index contributed by atoms with van der Waals surface area (Å²) < 4.78 is 13.9. The van der Waals surface area contributed by atoms with Gasteiger partial charge in [0.15, 0.2) is 0 Å². The zero-order valence-electron chi connectivity index (χ0n) is 12.7. The van der Waals surface area contributed by atoms with E-state index in [1.165, 1.54) is 0 Å². The molecule has 1 saturated heterocycles. The molecule has 0 spiro atoms. The minimum absolute atomic E-state index is 0.323. The Morgan fingerprint density at radius 1 is 1.21 bits per heavy atom. The highest BCUT2D eigenvalue weighted by atomic mass is 16.7. The molecule has 4 nitrogen and oxygen atoms in total. The number of aromatic nitrogens is 1. The third-order valence-corrected chi connectivity index (χ3v) is 3.87. The summed E-state index contributed by atoms with van der Waals surface area (Å²) in [5.74, 6) is 0. The van der Waals surface area contributed by atoms with E-state index >= 15 is 0 Å². The van der Waals surface area contributed by atoms with Crippen molar-refractivity contribution in [1.82, 2.24) is 4.57 Å². The standard InChI is InChI=1S/C14H24BNO3/c1-12(2,17)10-16-8-7-11(9-16)15-18-13(3,4)14(5,6)19-15/h7-9,17H,10H2,1-6H3. The molecular weight excluding hydrogens is 241 g/mol. The molecule has 2 rings (SSSR count). The fraction of sp³-hybridized carbons (Fsp3) is 0.714. The highest BCUT2D eigenvalue weighted by Gasteiger charge is 2.51.